The molecule has 26 heavy (non-hydrogen) atoms. The monoisotopic (exact) mass is 372 g/mol. The third kappa shape index (κ3) is 3.54. The van der Waals surface area contributed by atoms with Crippen LogP contribution in [-0.4, -0.2) is 56.7 Å². The quantitative estimate of drug-likeness (QED) is 0.585. The molecule has 0 spiro atoms. The predicted octanol–water partition coefficient (Wildman–Crippen LogP) is 2.59. The van der Waals surface area contributed by atoms with Gasteiger partial charge in [0.25, 0.3) is 0 Å². The maximum Gasteiger partial charge on any atom is 0.189 e. The Kier molecular flexibility index (Phi) is 5.81. The van der Waals surface area contributed by atoms with Gasteiger partial charge in [0.15, 0.2) is 22.5 Å². The van der Waals surface area contributed by atoms with Gasteiger partial charge in [-0.05, 0) is 24.5 Å². The zero-order valence-electron chi connectivity index (χ0n) is 15.0. The van der Waals surface area contributed by atoms with Crippen LogP contribution in [0.5, 0.6) is 11.5 Å². The summed E-state index contributed by atoms with van der Waals surface area (Å²) in [6, 6.07) is 7.80. The SMILES string of the molecule is COc1ccc(-c2nc(SC)nc(N3CCOCC3)c2C#N)cc1OC. The first kappa shape index (κ1) is 18.3. The summed E-state index contributed by atoms with van der Waals surface area (Å²) < 4.78 is 16.1. The number of benzene rings is 1. The lowest BCUT2D eigenvalue weighted by atomic mass is 10.1. The molecule has 1 aromatic carbocycles. The van der Waals surface area contributed by atoms with Crippen molar-refractivity contribution < 1.29 is 14.2 Å². The smallest absolute Gasteiger partial charge is 0.189 e. The number of aromatic nitrogens is 2. The average Bonchev–Trinajstić information content (AvgIpc) is 2.72. The van der Waals surface area contributed by atoms with E-state index in [0.29, 0.717) is 60.0 Å². The molecular weight excluding hydrogens is 352 g/mol. The third-order valence-corrected chi connectivity index (χ3v) is 4.68. The number of thioether (sulfide) groups is 1. The van der Waals surface area contributed by atoms with Crippen molar-refractivity contribution in [2.75, 3.05) is 51.7 Å². The molecule has 0 amide bonds. The number of nitriles is 1. The molecule has 0 bridgehead atoms. The highest BCUT2D eigenvalue weighted by molar-refractivity contribution is 7.98. The first-order chi connectivity index (χ1) is 12.7. The Morgan fingerprint density at radius 2 is 1.88 bits per heavy atom. The lowest BCUT2D eigenvalue weighted by molar-refractivity contribution is 0.122. The van der Waals surface area contributed by atoms with Crippen LogP contribution in [0.15, 0.2) is 23.4 Å². The first-order valence-electron chi connectivity index (χ1n) is 8.13. The zero-order chi connectivity index (χ0) is 18.5. The third-order valence-electron chi connectivity index (χ3n) is 4.13. The first-order valence-corrected chi connectivity index (χ1v) is 9.35. The normalized spacial score (nSPS) is 14.0. The number of rotatable bonds is 5. The van der Waals surface area contributed by atoms with Gasteiger partial charge in [0.2, 0.25) is 0 Å². The van der Waals surface area contributed by atoms with E-state index in [0.717, 1.165) is 5.56 Å². The minimum absolute atomic E-state index is 0.455. The summed E-state index contributed by atoms with van der Waals surface area (Å²) in [6.07, 6.45) is 1.92. The summed E-state index contributed by atoms with van der Waals surface area (Å²) in [4.78, 5) is 11.3. The zero-order valence-corrected chi connectivity index (χ0v) is 15.8. The van der Waals surface area contributed by atoms with Gasteiger partial charge in [-0.2, -0.15) is 5.26 Å². The molecule has 3 rings (SSSR count). The summed E-state index contributed by atoms with van der Waals surface area (Å²) in [6.45, 7) is 2.64. The number of hydrogen-bond donors (Lipinski definition) is 0. The van der Waals surface area contributed by atoms with Crippen molar-refractivity contribution in [1.29, 1.82) is 5.26 Å². The van der Waals surface area contributed by atoms with Crippen LogP contribution < -0.4 is 14.4 Å². The van der Waals surface area contributed by atoms with E-state index in [1.54, 1.807) is 14.2 Å². The fourth-order valence-corrected chi connectivity index (χ4v) is 3.18. The standard InChI is InChI=1S/C18H20N4O3S/c1-23-14-5-4-12(10-15(14)24-2)16-13(11-19)17(21-18(20-16)26-3)22-6-8-25-9-7-22/h4-5,10H,6-9H2,1-3H3. The van der Waals surface area contributed by atoms with Crippen LogP contribution in [0.3, 0.4) is 0 Å². The van der Waals surface area contributed by atoms with E-state index < -0.39 is 0 Å². The van der Waals surface area contributed by atoms with Gasteiger partial charge in [0.05, 0.1) is 33.1 Å². The molecule has 1 aliphatic rings. The Morgan fingerprint density at radius 3 is 2.50 bits per heavy atom. The molecule has 136 valence electrons. The summed E-state index contributed by atoms with van der Waals surface area (Å²) in [5, 5.41) is 10.5. The second-order valence-electron chi connectivity index (χ2n) is 5.54. The van der Waals surface area contributed by atoms with Crippen LogP contribution in [0.25, 0.3) is 11.3 Å². The molecule has 1 fully saturated rings. The summed E-state index contributed by atoms with van der Waals surface area (Å²) in [7, 11) is 3.17. The van der Waals surface area contributed by atoms with E-state index in [1.807, 2.05) is 24.5 Å². The Labute approximate surface area is 156 Å². The van der Waals surface area contributed by atoms with Crippen molar-refractivity contribution in [3.63, 3.8) is 0 Å². The Bertz CT molecular complexity index is 832. The fraction of sp³-hybridized carbons (Fsp3) is 0.389. The summed E-state index contributed by atoms with van der Waals surface area (Å²) in [5.74, 6) is 1.87. The highest BCUT2D eigenvalue weighted by Gasteiger charge is 2.22. The maximum atomic E-state index is 9.83. The molecule has 0 saturated carbocycles. The lowest BCUT2D eigenvalue weighted by Crippen LogP contribution is -2.37. The Hall–Kier alpha value is -2.50. The molecule has 0 aliphatic carbocycles. The molecule has 2 heterocycles. The number of morpholine rings is 1. The van der Waals surface area contributed by atoms with Gasteiger partial charge >= 0.3 is 0 Å². The molecule has 1 aliphatic heterocycles. The van der Waals surface area contributed by atoms with E-state index >= 15 is 0 Å². The van der Waals surface area contributed by atoms with Crippen molar-refractivity contribution in [2.45, 2.75) is 5.16 Å². The van der Waals surface area contributed by atoms with E-state index in [4.69, 9.17) is 14.2 Å². The highest BCUT2D eigenvalue weighted by atomic mass is 32.2. The Balaban J connectivity index is 2.16. The fourth-order valence-electron chi connectivity index (χ4n) is 2.82. The van der Waals surface area contributed by atoms with Crippen LogP contribution >= 0.6 is 11.8 Å². The van der Waals surface area contributed by atoms with E-state index in [-0.39, 0.29) is 0 Å². The molecule has 0 radical (unpaired) electrons. The summed E-state index contributed by atoms with van der Waals surface area (Å²) >= 11 is 1.45. The van der Waals surface area contributed by atoms with Gasteiger partial charge < -0.3 is 19.1 Å². The maximum absolute atomic E-state index is 9.83. The minimum Gasteiger partial charge on any atom is -0.493 e. The average molecular weight is 372 g/mol. The molecule has 0 unspecified atom stereocenters. The molecule has 1 aromatic heterocycles. The number of anilines is 1. The number of ether oxygens (including phenoxy) is 3. The van der Waals surface area contributed by atoms with Crippen molar-refractivity contribution in [2.24, 2.45) is 0 Å². The van der Waals surface area contributed by atoms with Gasteiger partial charge in [0.1, 0.15) is 11.6 Å². The van der Waals surface area contributed by atoms with Crippen LogP contribution in [0.1, 0.15) is 5.56 Å². The minimum atomic E-state index is 0.455. The second kappa shape index (κ2) is 8.25. The number of methoxy groups -OCH3 is 2. The topological polar surface area (TPSA) is 80.5 Å². The molecule has 0 N–H and O–H groups in total. The predicted molar refractivity (Wildman–Crippen MR) is 100 cm³/mol. The second-order valence-corrected chi connectivity index (χ2v) is 6.31. The van der Waals surface area contributed by atoms with Crippen molar-refractivity contribution in [1.82, 2.24) is 9.97 Å². The van der Waals surface area contributed by atoms with E-state index in [1.165, 1.54) is 11.8 Å². The molecule has 2 aromatic rings. The molecule has 0 atom stereocenters. The number of nitrogens with zero attached hydrogens (tertiary/aromatic N) is 4. The van der Waals surface area contributed by atoms with Crippen molar-refractivity contribution in [3.8, 4) is 28.8 Å². The molecule has 1 saturated heterocycles. The van der Waals surface area contributed by atoms with E-state index in [2.05, 4.69) is 20.9 Å². The summed E-state index contributed by atoms with van der Waals surface area (Å²) in [5.41, 5.74) is 1.83. The van der Waals surface area contributed by atoms with Crippen LogP contribution in [-0.2, 0) is 4.74 Å². The van der Waals surface area contributed by atoms with Crippen LogP contribution in [0, 0.1) is 11.3 Å². The van der Waals surface area contributed by atoms with Gasteiger partial charge in [0, 0.05) is 18.7 Å². The molecular formula is C18H20N4O3S. The molecule has 8 heteroatoms. The van der Waals surface area contributed by atoms with Gasteiger partial charge in [-0.15, -0.1) is 0 Å². The van der Waals surface area contributed by atoms with Crippen LogP contribution in [0.4, 0.5) is 5.82 Å². The lowest BCUT2D eigenvalue weighted by Gasteiger charge is -2.29. The van der Waals surface area contributed by atoms with Crippen LogP contribution in [0.2, 0.25) is 0 Å². The largest absolute Gasteiger partial charge is 0.493 e. The van der Waals surface area contributed by atoms with Gasteiger partial charge in [-0.3, -0.25) is 0 Å². The van der Waals surface area contributed by atoms with Gasteiger partial charge in [-0.25, -0.2) is 9.97 Å². The molecule has 7 nitrogen and oxygen atoms in total. The van der Waals surface area contributed by atoms with E-state index in [9.17, 15) is 5.26 Å². The number of hydrogen-bond acceptors (Lipinski definition) is 8. The van der Waals surface area contributed by atoms with Crippen molar-refractivity contribution in [3.05, 3.63) is 23.8 Å². The van der Waals surface area contributed by atoms with Gasteiger partial charge in [-0.1, -0.05) is 11.8 Å². The Morgan fingerprint density at radius 1 is 1.15 bits per heavy atom. The van der Waals surface area contributed by atoms with Crippen molar-refractivity contribution >= 4 is 17.6 Å². The highest BCUT2D eigenvalue weighted by Crippen LogP contribution is 2.35.